The number of hydrogen-bond acceptors (Lipinski definition) is 2. The Morgan fingerprint density at radius 3 is 2.79 bits per heavy atom. The van der Waals surface area contributed by atoms with Gasteiger partial charge in [0.05, 0.1) is 0 Å². The first-order valence-electron chi connectivity index (χ1n) is 4.30. The number of nitrogen functional groups attached to an aromatic ring is 1. The smallest absolute Gasteiger partial charge is 0.125 e. The van der Waals surface area contributed by atoms with Crippen LogP contribution in [-0.2, 0) is 6.42 Å². The lowest BCUT2D eigenvalue weighted by atomic mass is 10.1. The summed E-state index contributed by atoms with van der Waals surface area (Å²) in [6.45, 7) is 0. The van der Waals surface area contributed by atoms with E-state index in [1.54, 1.807) is 17.4 Å². The molecule has 0 atom stereocenters. The molecule has 1 heterocycles. The second-order valence-corrected chi connectivity index (χ2v) is 3.93. The third-order valence-electron chi connectivity index (χ3n) is 2.08. The van der Waals surface area contributed by atoms with E-state index in [2.05, 4.69) is 5.38 Å². The van der Waals surface area contributed by atoms with E-state index in [4.69, 9.17) is 5.73 Å². The number of thiophene rings is 1. The predicted molar refractivity (Wildman–Crippen MR) is 57.9 cm³/mol. The summed E-state index contributed by atoms with van der Waals surface area (Å²) in [5, 5.41) is 4.10. The van der Waals surface area contributed by atoms with Gasteiger partial charge in [0.1, 0.15) is 5.82 Å². The van der Waals surface area contributed by atoms with E-state index in [9.17, 15) is 4.39 Å². The van der Waals surface area contributed by atoms with E-state index >= 15 is 0 Å². The summed E-state index contributed by atoms with van der Waals surface area (Å²) < 4.78 is 12.7. The van der Waals surface area contributed by atoms with Gasteiger partial charge in [0, 0.05) is 12.1 Å². The number of benzene rings is 1. The SMILES string of the molecule is Nc1cc(F)ccc1Cc1ccsc1. The maximum Gasteiger partial charge on any atom is 0.125 e. The molecule has 72 valence electrons. The summed E-state index contributed by atoms with van der Waals surface area (Å²) in [5.41, 5.74) is 8.42. The van der Waals surface area contributed by atoms with Crippen molar-refractivity contribution >= 4 is 17.0 Å². The Labute approximate surface area is 86.0 Å². The molecule has 0 amide bonds. The second-order valence-electron chi connectivity index (χ2n) is 3.15. The topological polar surface area (TPSA) is 26.0 Å². The van der Waals surface area contributed by atoms with E-state index in [1.165, 1.54) is 17.7 Å². The van der Waals surface area contributed by atoms with Gasteiger partial charge in [0.15, 0.2) is 0 Å². The van der Waals surface area contributed by atoms with Crippen LogP contribution in [0.1, 0.15) is 11.1 Å². The molecule has 1 aromatic carbocycles. The van der Waals surface area contributed by atoms with Crippen LogP contribution in [0.3, 0.4) is 0 Å². The zero-order valence-electron chi connectivity index (χ0n) is 7.53. The number of rotatable bonds is 2. The highest BCUT2D eigenvalue weighted by molar-refractivity contribution is 7.07. The molecule has 1 aromatic heterocycles. The Bertz CT molecular complexity index is 423. The minimum atomic E-state index is -0.281. The van der Waals surface area contributed by atoms with E-state index in [0.29, 0.717) is 5.69 Å². The van der Waals surface area contributed by atoms with Gasteiger partial charge in [-0.15, -0.1) is 0 Å². The van der Waals surface area contributed by atoms with Crippen LogP contribution in [0.25, 0.3) is 0 Å². The molecule has 0 radical (unpaired) electrons. The summed E-state index contributed by atoms with van der Waals surface area (Å²) in [5.74, 6) is -0.281. The van der Waals surface area contributed by atoms with Crippen LogP contribution in [0.15, 0.2) is 35.0 Å². The standard InChI is InChI=1S/C11H10FNS/c12-10-2-1-9(11(13)6-10)5-8-3-4-14-7-8/h1-4,6-7H,5,13H2. The van der Waals surface area contributed by atoms with E-state index in [1.807, 2.05) is 11.4 Å². The normalized spacial score (nSPS) is 10.4. The Balaban J connectivity index is 2.25. The molecule has 2 aromatic rings. The molecular weight excluding hydrogens is 197 g/mol. The van der Waals surface area contributed by atoms with Crippen LogP contribution >= 0.6 is 11.3 Å². The third kappa shape index (κ3) is 1.93. The zero-order valence-corrected chi connectivity index (χ0v) is 8.35. The van der Waals surface area contributed by atoms with Crippen molar-refractivity contribution < 1.29 is 4.39 Å². The van der Waals surface area contributed by atoms with Crippen molar-refractivity contribution in [2.24, 2.45) is 0 Å². The van der Waals surface area contributed by atoms with Crippen LogP contribution in [0.2, 0.25) is 0 Å². The first-order valence-corrected chi connectivity index (χ1v) is 5.25. The molecule has 0 bridgehead atoms. The Kier molecular flexibility index (Phi) is 2.50. The van der Waals surface area contributed by atoms with Gasteiger partial charge in [-0.25, -0.2) is 4.39 Å². The van der Waals surface area contributed by atoms with E-state index in [-0.39, 0.29) is 5.82 Å². The van der Waals surface area contributed by atoms with Crippen LogP contribution in [0, 0.1) is 5.82 Å². The first-order chi connectivity index (χ1) is 6.75. The molecule has 2 N–H and O–H groups in total. The minimum Gasteiger partial charge on any atom is -0.398 e. The maximum atomic E-state index is 12.7. The lowest BCUT2D eigenvalue weighted by Crippen LogP contribution is -1.95. The van der Waals surface area contributed by atoms with Gasteiger partial charge < -0.3 is 5.73 Å². The third-order valence-corrected chi connectivity index (χ3v) is 2.81. The number of nitrogens with two attached hydrogens (primary N) is 1. The van der Waals surface area contributed by atoms with Crippen LogP contribution in [0.5, 0.6) is 0 Å². The molecule has 1 nitrogen and oxygen atoms in total. The van der Waals surface area contributed by atoms with Crippen molar-refractivity contribution in [3.05, 3.63) is 52.0 Å². The summed E-state index contributed by atoms with van der Waals surface area (Å²) >= 11 is 1.65. The fourth-order valence-corrected chi connectivity index (χ4v) is 2.01. The molecule has 0 saturated heterocycles. The lowest BCUT2D eigenvalue weighted by molar-refractivity contribution is 0.628. The molecule has 0 aliphatic heterocycles. The van der Waals surface area contributed by atoms with Crippen molar-refractivity contribution in [1.29, 1.82) is 0 Å². The molecule has 3 heteroatoms. The molecule has 0 aliphatic rings. The van der Waals surface area contributed by atoms with Gasteiger partial charge in [-0.05, 0) is 40.1 Å². The van der Waals surface area contributed by atoms with Gasteiger partial charge >= 0.3 is 0 Å². The largest absolute Gasteiger partial charge is 0.398 e. The summed E-state index contributed by atoms with van der Waals surface area (Å²) in [6, 6.07) is 6.59. The van der Waals surface area contributed by atoms with Crippen LogP contribution < -0.4 is 5.73 Å². The highest BCUT2D eigenvalue weighted by atomic mass is 32.1. The van der Waals surface area contributed by atoms with Crippen LogP contribution in [-0.4, -0.2) is 0 Å². The maximum absolute atomic E-state index is 12.7. The molecular formula is C11H10FNS. The Hall–Kier alpha value is -1.35. The van der Waals surface area contributed by atoms with E-state index in [0.717, 1.165) is 12.0 Å². The van der Waals surface area contributed by atoms with Gasteiger partial charge in [-0.3, -0.25) is 0 Å². The van der Waals surface area contributed by atoms with Crippen molar-refractivity contribution in [1.82, 2.24) is 0 Å². The zero-order chi connectivity index (χ0) is 9.97. The van der Waals surface area contributed by atoms with Gasteiger partial charge in [-0.2, -0.15) is 11.3 Å². The van der Waals surface area contributed by atoms with Crippen LogP contribution in [0.4, 0.5) is 10.1 Å². The molecule has 0 fully saturated rings. The molecule has 0 saturated carbocycles. The average Bonchev–Trinajstić information content (AvgIpc) is 2.62. The summed E-state index contributed by atoms with van der Waals surface area (Å²) in [4.78, 5) is 0. The number of halogens is 1. The van der Waals surface area contributed by atoms with Gasteiger partial charge in [0.25, 0.3) is 0 Å². The quantitative estimate of drug-likeness (QED) is 0.752. The van der Waals surface area contributed by atoms with Crippen molar-refractivity contribution in [3.63, 3.8) is 0 Å². The van der Waals surface area contributed by atoms with E-state index < -0.39 is 0 Å². The Morgan fingerprint density at radius 1 is 1.29 bits per heavy atom. The second kappa shape index (κ2) is 3.80. The Morgan fingerprint density at radius 2 is 2.14 bits per heavy atom. The summed E-state index contributed by atoms with van der Waals surface area (Å²) in [6.07, 6.45) is 0.773. The molecule has 2 rings (SSSR count). The first kappa shape index (κ1) is 9.21. The van der Waals surface area contributed by atoms with Crippen molar-refractivity contribution in [2.75, 3.05) is 5.73 Å². The monoisotopic (exact) mass is 207 g/mol. The number of hydrogen-bond donors (Lipinski definition) is 1. The van der Waals surface area contributed by atoms with Crippen molar-refractivity contribution in [2.45, 2.75) is 6.42 Å². The fraction of sp³-hybridized carbons (Fsp3) is 0.0909. The predicted octanol–water partition coefficient (Wildman–Crippen LogP) is 3.06. The van der Waals surface area contributed by atoms with Crippen molar-refractivity contribution in [3.8, 4) is 0 Å². The minimum absolute atomic E-state index is 0.281. The highest BCUT2D eigenvalue weighted by Crippen LogP contribution is 2.18. The molecule has 0 aliphatic carbocycles. The van der Waals surface area contributed by atoms with Gasteiger partial charge in [-0.1, -0.05) is 6.07 Å². The van der Waals surface area contributed by atoms with Gasteiger partial charge in [0.2, 0.25) is 0 Å². The molecule has 0 spiro atoms. The number of anilines is 1. The molecule has 0 unspecified atom stereocenters. The molecule has 14 heavy (non-hydrogen) atoms. The highest BCUT2D eigenvalue weighted by Gasteiger charge is 2.02. The lowest BCUT2D eigenvalue weighted by Gasteiger charge is -2.03. The average molecular weight is 207 g/mol. The fourth-order valence-electron chi connectivity index (χ4n) is 1.34. The summed E-state index contributed by atoms with van der Waals surface area (Å²) in [7, 11) is 0.